The van der Waals surface area contributed by atoms with Gasteiger partial charge in [0, 0.05) is 62.7 Å². The summed E-state index contributed by atoms with van der Waals surface area (Å²) < 4.78 is 0. The van der Waals surface area contributed by atoms with Crippen molar-refractivity contribution >= 4 is 42.5 Å². The molecule has 0 aliphatic carbocycles. The fourth-order valence-electron chi connectivity index (χ4n) is 3.10. The van der Waals surface area contributed by atoms with E-state index in [4.69, 9.17) is 0 Å². The molecular weight excluding hydrogens is 341 g/mol. The van der Waals surface area contributed by atoms with Gasteiger partial charge < -0.3 is 15.1 Å². The summed E-state index contributed by atoms with van der Waals surface area (Å²) in [4.78, 5) is 16.9. The van der Waals surface area contributed by atoms with E-state index < -0.39 is 0 Å². The molecule has 2 saturated heterocycles. The molecule has 132 valence electrons. The van der Waals surface area contributed by atoms with E-state index in [0.29, 0.717) is 30.5 Å². The van der Waals surface area contributed by atoms with Crippen LogP contribution in [0.2, 0.25) is 0 Å². The van der Waals surface area contributed by atoms with Crippen LogP contribution in [-0.2, 0) is 4.79 Å². The van der Waals surface area contributed by atoms with Gasteiger partial charge in [0.05, 0.1) is 0 Å². The summed E-state index contributed by atoms with van der Waals surface area (Å²) >= 11 is 1.96. The molecule has 0 aromatic carbocycles. The zero-order chi connectivity index (χ0) is 14.5. The predicted octanol–water partition coefficient (Wildman–Crippen LogP) is 2.26. The van der Waals surface area contributed by atoms with Crippen LogP contribution < -0.4 is 5.32 Å². The summed E-state index contributed by atoms with van der Waals surface area (Å²) in [5.74, 6) is 2.56. The van der Waals surface area contributed by atoms with Gasteiger partial charge in [-0.1, -0.05) is 0 Å². The molecule has 0 radical (unpaired) electrons. The fourth-order valence-corrected chi connectivity index (χ4v) is 4.05. The molecule has 7 heteroatoms. The Morgan fingerprint density at radius 2 is 1.95 bits per heavy atom. The van der Waals surface area contributed by atoms with Crippen LogP contribution in [0.15, 0.2) is 0 Å². The van der Waals surface area contributed by atoms with Crippen LogP contribution in [-0.4, -0.2) is 72.0 Å². The van der Waals surface area contributed by atoms with E-state index in [1.807, 2.05) is 23.7 Å². The van der Waals surface area contributed by atoms with Gasteiger partial charge in [0.2, 0.25) is 5.91 Å². The fraction of sp³-hybridized carbons (Fsp3) is 0.933. The number of carbonyl (C=O) groups is 1. The second kappa shape index (κ2) is 11.0. The Hall–Kier alpha value is 0.320. The van der Waals surface area contributed by atoms with Crippen molar-refractivity contribution in [3.05, 3.63) is 0 Å². The molecule has 2 fully saturated rings. The third-order valence-corrected chi connectivity index (χ3v) is 5.72. The number of nitrogens with zero attached hydrogens (tertiary/aromatic N) is 2. The van der Waals surface area contributed by atoms with Gasteiger partial charge >= 0.3 is 0 Å². The van der Waals surface area contributed by atoms with Gasteiger partial charge in [0.15, 0.2) is 0 Å². The number of hydrogen-bond donors (Lipinski definition) is 1. The number of thioether (sulfide) groups is 1. The SMILES string of the molecule is CC(C)N1CCC(N(C)C(=O)CC2CSCCN2)CC1.Cl.Cl. The first-order valence-corrected chi connectivity index (χ1v) is 9.04. The number of hydrogen-bond acceptors (Lipinski definition) is 4. The summed E-state index contributed by atoms with van der Waals surface area (Å²) in [6.07, 6.45) is 2.90. The van der Waals surface area contributed by atoms with Crippen molar-refractivity contribution in [2.75, 3.05) is 38.2 Å². The molecule has 1 amide bonds. The lowest BCUT2D eigenvalue weighted by atomic mass is 10.0. The first-order valence-electron chi connectivity index (χ1n) is 7.88. The van der Waals surface area contributed by atoms with Gasteiger partial charge in [0.1, 0.15) is 0 Å². The Balaban J connectivity index is 0.00000220. The van der Waals surface area contributed by atoms with Crippen LogP contribution in [0, 0.1) is 0 Å². The predicted molar refractivity (Wildman–Crippen MR) is 101 cm³/mol. The average Bonchev–Trinajstić information content (AvgIpc) is 2.47. The number of likely N-dealkylation sites (tertiary alicyclic amines) is 1. The molecule has 1 unspecified atom stereocenters. The van der Waals surface area contributed by atoms with E-state index in [1.165, 1.54) is 5.75 Å². The lowest BCUT2D eigenvalue weighted by Crippen LogP contribution is -2.49. The highest BCUT2D eigenvalue weighted by Crippen LogP contribution is 2.19. The Labute approximate surface area is 151 Å². The van der Waals surface area contributed by atoms with E-state index in [0.717, 1.165) is 38.2 Å². The molecule has 1 atom stereocenters. The van der Waals surface area contributed by atoms with E-state index in [-0.39, 0.29) is 24.8 Å². The highest BCUT2D eigenvalue weighted by molar-refractivity contribution is 7.99. The average molecular weight is 372 g/mol. The molecule has 0 spiro atoms. The van der Waals surface area contributed by atoms with Crippen molar-refractivity contribution < 1.29 is 4.79 Å². The Bertz CT molecular complexity index is 320. The summed E-state index contributed by atoms with van der Waals surface area (Å²) in [7, 11) is 1.99. The number of nitrogens with one attached hydrogen (secondary N) is 1. The maximum atomic E-state index is 12.4. The van der Waals surface area contributed by atoms with Crippen molar-refractivity contribution in [1.82, 2.24) is 15.1 Å². The van der Waals surface area contributed by atoms with Gasteiger partial charge in [-0.3, -0.25) is 4.79 Å². The van der Waals surface area contributed by atoms with Gasteiger partial charge in [-0.25, -0.2) is 0 Å². The molecule has 0 aromatic rings. The van der Waals surface area contributed by atoms with Gasteiger partial charge in [-0.2, -0.15) is 11.8 Å². The smallest absolute Gasteiger partial charge is 0.224 e. The van der Waals surface area contributed by atoms with Gasteiger partial charge in [-0.05, 0) is 26.7 Å². The Morgan fingerprint density at radius 1 is 1.32 bits per heavy atom. The number of carbonyl (C=O) groups excluding carboxylic acids is 1. The molecule has 2 heterocycles. The number of piperidine rings is 1. The van der Waals surface area contributed by atoms with Crippen LogP contribution in [0.5, 0.6) is 0 Å². The largest absolute Gasteiger partial charge is 0.343 e. The monoisotopic (exact) mass is 371 g/mol. The molecule has 1 N–H and O–H groups in total. The maximum absolute atomic E-state index is 12.4. The van der Waals surface area contributed by atoms with E-state index in [9.17, 15) is 4.79 Å². The number of halogens is 2. The second-order valence-electron chi connectivity index (χ2n) is 6.30. The first-order chi connectivity index (χ1) is 9.58. The third kappa shape index (κ3) is 6.44. The molecular formula is C15H31Cl2N3OS. The molecule has 0 aromatic heterocycles. The first kappa shape index (κ1) is 22.3. The van der Waals surface area contributed by atoms with Crippen LogP contribution in [0.3, 0.4) is 0 Å². The molecule has 0 bridgehead atoms. The molecule has 2 aliphatic rings. The van der Waals surface area contributed by atoms with Crippen molar-refractivity contribution in [2.45, 2.75) is 51.2 Å². The molecule has 0 saturated carbocycles. The third-order valence-electron chi connectivity index (χ3n) is 4.59. The van der Waals surface area contributed by atoms with Crippen LogP contribution >= 0.6 is 36.6 Å². The normalized spacial score (nSPS) is 23.5. The molecule has 22 heavy (non-hydrogen) atoms. The minimum absolute atomic E-state index is 0. The number of rotatable bonds is 4. The summed E-state index contributed by atoms with van der Waals surface area (Å²) in [5, 5.41) is 3.45. The van der Waals surface area contributed by atoms with Gasteiger partial charge in [0.25, 0.3) is 0 Å². The van der Waals surface area contributed by atoms with Gasteiger partial charge in [-0.15, -0.1) is 24.8 Å². The zero-order valence-electron chi connectivity index (χ0n) is 13.9. The van der Waals surface area contributed by atoms with Crippen molar-refractivity contribution in [2.24, 2.45) is 0 Å². The highest BCUT2D eigenvalue weighted by Gasteiger charge is 2.27. The standard InChI is InChI=1S/C15H29N3OS.2ClH/c1-12(2)18-7-4-14(5-8-18)17(3)15(19)10-13-11-20-9-6-16-13;;/h12-14,16H,4-11H2,1-3H3;2*1H. The second-order valence-corrected chi connectivity index (χ2v) is 7.45. The molecule has 2 aliphatic heterocycles. The van der Waals surface area contributed by atoms with Crippen molar-refractivity contribution in [3.8, 4) is 0 Å². The molecule has 2 rings (SSSR count). The van der Waals surface area contributed by atoms with E-state index in [2.05, 4.69) is 24.1 Å². The minimum Gasteiger partial charge on any atom is -0.343 e. The lowest BCUT2D eigenvalue weighted by Gasteiger charge is -2.39. The Kier molecular flexibility index (Phi) is 11.1. The minimum atomic E-state index is 0. The summed E-state index contributed by atoms with van der Waals surface area (Å²) in [5.41, 5.74) is 0. The van der Waals surface area contributed by atoms with E-state index in [1.54, 1.807) is 0 Å². The topological polar surface area (TPSA) is 35.6 Å². The Morgan fingerprint density at radius 3 is 2.45 bits per heavy atom. The summed E-state index contributed by atoms with van der Waals surface area (Å²) in [6.45, 7) is 7.79. The lowest BCUT2D eigenvalue weighted by molar-refractivity contribution is -0.133. The van der Waals surface area contributed by atoms with Crippen molar-refractivity contribution in [1.29, 1.82) is 0 Å². The zero-order valence-corrected chi connectivity index (χ0v) is 16.4. The number of amides is 1. The van der Waals surface area contributed by atoms with Crippen molar-refractivity contribution in [3.63, 3.8) is 0 Å². The maximum Gasteiger partial charge on any atom is 0.224 e. The molecule has 4 nitrogen and oxygen atoms in total. The quantitative estimate of drug-likeness (QED) is 0.821. The van der Waals surface area contributed by atoms with Crippen LogP contribution in [0.25, 0.3) is 0 Å². The van der Waals surface area contributed by atoms with E-state index >= 15 is 0 Å². The highest BCUT2D eigenvalue weighted by atomic mass is 35.5. The van der Waals surface area contributed by atoms with Crippen LogP contribution in [0.4, 0.5) is 0 Å². The summed E-state index contributed by atoms with van der Waals surface area (Å²) in [6, 6.07) is 1.44. The van der Waals surface area contributed by atoms with Crippen LogP contribution in [0.1, 0.15) is 33.1 Å².